The van der Waals surface area contributed by atoms with E-state index in [1.807, 2.05) is 0 Å². The van der Waals surface area contributed by atoms with Gasteiger partial charge in [0, 0.05) is 4.32 Å². The molecule has 1 unspecified atom stereocenters. The Labute approximate surface area is 67.2 Å². The van der Waals surface area contributed by atoms with Gasteiger partial charge in [-0.2, -0.15) is 0 Å². The average molecular weight is 192 g/mol. The van der Waals surface area contributed by atoms with Gasteiger partial charge in [0.2, 0.25) is 0 Å². The Balaban J connectivity index is 3.33. The van der Waals surface area contributed by atoms with Crippen LogP contribution in [0.4, 0.5) is 0 Å². The minimum absolute atomic E-state index is 0.350. The summed E-state index contributed by atoms with van der Waals surface area (Å²) in [4.78, 5) is 0. The van der Waals surface area contributed by atoms with Crippen LogP contribution in [0.15, 0.2) is 0 Å². The summed E-state index contributed by atoms with van der Waals surface area (Å²) in [5.41, 5.74) is 0. The maximum atomic E-state index is 3.65. The van der Waals surface area contributed by atoms with Crippen LogP contribution in [-0.4, -0.2) is 4.32 Å². The van der Waals surface area contributed by atoms with Gasteiger partial charge in [0.25, 0.3) is 0 Å². The molecule has 0 aliphatic rings. The van der Waals surface area contributed by atoms with Gasteiger partial charge in [0.05, 0.1) is 0 Å². The lowest BCUT2D eigenvalue weighted by molar-refractivity contribution is 0.614. The van der Waals surface area contributed by atoms with Crippen molar-refractivity contribution in [1.29, 1.82) is 0 Å². The summed E-state index contributed by atoms with van der Waals surface area (Å²) in [6.07, 6.45) is 5.88. The Morgan fingerprint density at radius 1 is 1.44 bits per heavy atom. The van der Waals surface area contributed by atoms with Gasteiger partial charge in [-0.25, -0.2) is 0 Å². The molecule has 0 spiro atoms. The highest BCUT2D eigenvalue weighted by molar-refractivity contribution is 9.10. The molecule has 0 aromatic heterocycles. The van der Waals surface area contributed by atoms with Crippen molar-refractivity contribution < 1.29 is 0 Å². The topological polar surface area (TPSA) is 0 Å². The van der Waals surface area contributed by atoms with E-state index in [0.29, 0.717) is 4.32 Å². The highest BCUT2D eigenvalue weighted by Crippen LogP contribution is 2.26. The highest BCUT2D eigenvalue weighted by atomic mass is 79.9. The fourth-order valence-corrected chi connectivity index (χ4v) is 0.819. The average Bonchev–Trinajstić information content (AvgIpc) is 1.84. The Morgan fingerprint density at radius 2 is 2.00 bits per heavy atom. The Kier molecular flexibility index (Phi) is 4.55. The molecule has 0 N–H and O–H groups in total. The van der Waals surface area contributed by atoms with Crippen LogP contribution in [0.25, 0.3) is 0 Å². The summed E-state index contributed by atoms with van der Waals surface area (Å²) >= 11 is 3.65. The summed E-state index contributed by atoms with van der Waals surface area (Å²) in [6.45, 7) is 6.62. The fraction of sp³-hybridized carbons (Fsp3) is 0.875. The summed E-state index contributed by atoms with van der Waals surface area (Å²) in [5, 5.41) is 0. The zero-order valence-corrected chi connectivity index (χ0v) is 8.16. The largest absolute Gasteiger partial charge is 0.0856 e. The van der Waals surface area contributed by atoms with Crippen LogP contribution >= 0.6 is 15.9 Å². The van der Waals surface area contributed by atoms with Crippen molar-refractivity contribution >= 4 is 15.9 Å². The first-order valence-electron chi connectivity index (χ1n) is 3.63. The third kappa shape index (κ3) is 4.95. The molecule has 55 valence electrons. The first-order chi connectivity index (χ1) is 4.12. The SMILES string of the molecule is CC[CH]CC(C)(Br)CC. The van der Waals surface area contributed by atoms with Crippen molar-refractivity contribution in [3.63, 3.8) is 0 Å². The molecule has 0 heterocycles. The number of halogens is 1. The van der Waals surface area contributed by atoms with Gasteiger partial charge in [0.15, 0.2) is 0 Å². The van der Waals surface area contributed by atoms with E-state index < -0.39 is 0 Å². The van der Waals surface area contributed by atoms with Crippen LogP contribution in [0, 0.1) is 6.42 Å². The molecule has 1 radical (unpaired) electrons. The quantitative estimate of drug-likeness (QED) is 0.597. The lowest BCUT2D eigenvalue weighted by Crippen LogP contribution is -2.13. The molecule has 0 aliphatic heterocycles. The van der Waals surface area contributed by atoms with E-state index in [4.69, 9.17) is 0 Å². The van der Waals surface area contributed by atoms with E-state index in [0.717, 1.165) is 0 Å². The second-order valence-corrected chi connectivity index (χ2v) is 4.58. The predicted octanol–water partition coefficient (Wildman–Crippen LogP) is 3.55. The molecule has 0 aliphatic carbocycles. The van der Waals surface area contributed by atoms with Crippen LogP contribution in [0.3, 0.4) is 0 Å². The summed E-state index contributed by atoms with van der Waals surface area (Å²) in [6, 6.07) is 0. The molecule has 0 amide bonds. The molecule has 0 saturated heterocycles. The van der Waals surface area contributed by atoms with Crippen LogP contribution in [0.1, 0.15) is 40.0 Å². The molecular formula is C8H16Br. The number of alkyl halides is 1. The minimum atomic E-state index is 0.350. The smallest absolute Gasteiger partial charge is 0.0230 e. The normalized spacial score (nSPS) is 17.3. The molecule has 9 heavy (non-hydrogen) atoms. The van der Waals surface area contributed by atoms with E-state index in [9.17, 15) is 0 Å². The number of unbranched alkanes of at least 4 members (excludes halogenated alkanes) is 1. The van der Waals surface area contributed by atoms with Gasteiger partial charge in [-0.3, -0.25) is 0 Å². The zero-order chi connectivity index (χ0) is 7.33. The van der Waals surface area contributed by atoms with E-state index in [1.54, 1.807) is 0 Å². The van der Waals surface area contributed by atoms with Crippen molar-refractivity contribution in [3.8, 4) is 0 Å². The second-order valence-electron chi connectivity index (χ2n) is 2.67. The number of rotatable bonds is 4. The predicted molar refractivity (Wildman–Crippen MR) is 46.8 cm³/mol. The monoisotopic (exact) mass is 191 g/mol. The maximum absolute atomic E-state index is 3.65. The van der Waals surface area contributed by atoms with Crippen LogP contribution < -0.4 is 0 Å². The van der Waals surface area contributed by atoms with Gasteiger partial charge < -0.3 is 0 Å². The lowest BCUT2D eigenvalue weighted by Gasteiger charge is -2.18. The van der Waals surface area contributed by atoms with Gasteiger partial charge in [0.1, 0.15) is 0 Å². The maximum Gasteiger partial charge on any atom is 0.0230 e. The third-order valence-electron chi connectivity index (χ3n) is 1.60. The van der Waals surface area contributed by atoms with E-state index in [2.05, 4.69) is 43.1 Å². The fourth-order valence-electron chi connectivity index (χ4n) is 0.590. The van der Waals surface area contributed by atoms with Crippen molar-refractivity contribution in [2.75, 3.05) is 0 Å². The Hall–Kier alpha value is 0.480. The molecule has 0 fully saturated rings. The molecule has 0 aromatic carbocycles. The second kappa shape index (κ2) is 4.32. The Morgan fingerprint density at radius 3 is 2.33 bits per heavy atom. The molecule has 1 heteroatoms. The van der Waals surface area contributed by atoms with Crippen molar-refractivity contribution in [2.24, 2.45) is 0 Å². The zero-order valence-electron chi connectivity index (χ0n) is 6.58. The molecule has 0 nitrogen and oxygen atoms in total. The van der Waals surface area contributed by atoms with Gasteiger partial charge in [-0.1, -0.05) is 36.2 Å². The third-order valence-corrected chi connectivity index (χ3v) is 2.48. The molecule has 0 rings (SSSR count). The number of hydrogen-bond acceptors (Lipinski definition) is 0. The van der Waals surface area contributed by atoms with Crippen molar-refractivity contribution in [3.05, 3.63) is 6.42 Å². The molecule has 0 bridgehead atoms. The van der Waals surface area contributed by atoms with Gasteiger partial charge >= 0.3 is 0 Å². The molecule has 0 aromatic rings. The van der Waals surface area contributed by atoms with Crippen LogP contribution in [0.2, 0.25) is 0 Å². The van der Waals surface area contributed by atoms with E-state index in [1.165, 1.54) is 19.3 Å². The highest BCUT2D eigenvalue weighted by Gasteiger charge is 2.15. The van der Waals surface area contributed by atoms with Crippen molar-refractivity contribution in [1.82, 2.24) is 0 Å². The molecular weight excluding hydrogens is 176 g/mol. The van der Waals surface area contributed by atoms with Gasteiger partial charge in [-0.15, -0.1) is 0 Å². The van der Waals surface area contributed by atoms with E-state index >= 15 is 0 Å². The van der Waals surface area contributed by atoms with Crippen LogP contribution in [0.5, 0.6) is 0 Å². The Bertz CT molecular complexity index is 67.0. The number of hydrogen-bond donors (Lipinski definition) is 0. The minimum Gasteiger partial charge on any atom is -0.0856 e. The van der Waals surface area contributed by atoms with Crippen molar-refractivity contribution in [2.45, 2.75) is 44.4 Å². The first kappa shape index (κ1) is 9.48. The molecule has 1 atom stereocenters. The first-order valence-corrected chi connectivity index (χ1v) is 4.42. The standard InChI is InChI=1S/C8H16Br/c1-4-6-7-8(3,9)5-2/h6H,4-5,7H2,1-3H3. The van der Waals surface area contributed by atoms with E-state index in [-0.39, 0.29) is 0 Å². The summed E-state index contributed by atoms with van der Waals surface area (Å²) < 4.78 is 0.350. The molecule has 0 saturated carbocycles. The summed E-state index contributed by atoms with van der Waals surface area (Å²) in [7, 11) is 0. The van der Waals surface area contributed by atoms with Gasteiger partial charge in [-0.05, 0) is 26.2 Å². The summed E-state index contributed by atoms with van der Waals surface area (Å²) in [5.74, 6) is 0. The lowest BCUT2D eigenvalue weighted by atomic mass is 10.0. The van der Waals surface area contributed by atoms with Crippen LogP contribution in [-0.2, 0) is 0 Å².